The second-order valence-electron chi connectivity index (χ2n) is 5.87. The van der Waals surface area contributed by atoms with E-state index in [9.17, 15) is 22.8 Å². The van der Waals surface area contributed by atoms with Crippen molar-refractivity contribution in [3.8, 4) is 0 Å². The molecule has 0 atom stereocenters. The third kappa shape index (κ3) is 3.38. The summed E-state index contributed by atoms with van der Waals surface area (Å²) in [5.41, 5.74) is -0.289. The number of amides is 1. The lowest BCUT2D eigenvalue weighted by atomic mass is 10.1. The standard InChI is InChI=1S/C16H15F3N2O2/c1-9-2-3-10-7-13(14(22)20-11-4-5-11)21(8-16(17,18)19)15(23)12(10)6-9/h2-3,6-7,11H,4-5,8H2,1H3,(H,20,22). The molecule has 1 heterocycles. The third-order valence-corrected chi connectivity index (χ3v) is 3.75. The molecule has 0 spiro atoms. The number of halogens is 3. The van der Waals surface area contributed by atoms with Crippen LogP contribution in [0, 0.1) is 6.92 Å². The summed E-state index contributed by atoms with van der Waals surface area (Å²) in [6.45, 7) is 0.268. The number of hydrogen-bond donors (Lipinski definition) is 1. The van der Waals surface area contributed by atoms with Crippen molar-refractivity contribution in [2.24, 2.45) is 0 Å². The maximum Gasteiger partial charge on any atom is 0.406 e. The van der Waals surface area contributed by atoms with Crippen molar-refractivity contribution in [3.05, 3.63) is 45.9 Å². The maximum atomic E-state index is 12.8. The molecular weight excluding hydrogens is 309 g/mol. The zero-order valence-corrected chi connectivity index (χ0v) is 12.4. The SMILES string of the molecule is Cc1ccc2cc(C(=O)NC3CC3)n(CC(F)(F)F)c(=O)c2c1. The summed E-state index contributed by atoms with van der Waals surface area (Å²) in [6, 6.07) is 6.26. The fourth-order valence-corrected chi connectivity index (χ4v) is 2.47. The maximum absolute atomic E-state index is 12.8. The average Bonchev–Trinajstić information content (AvgIpc) is 3.25. The van der Waals surface area contributed by atoms with E-state index in [1.54, 1.807) is 19.1 Å². The highest BCUT2D eigenvalue weighted by molar-refractivity contribution is 5.97. The molecule has 23 heavy (non-hydrogen) atoms. The van der Waals surface area contributed by atoms with Gasteiger partial charge in [-0.3, -0.25) is 14.2 Å². The summed E-state index contributed by atoms with van der Waals surface area (Å²) in [4.78, 5) is 24.7. The van der Waals surface area contributed by atoms with Crippen LogP contribution in [0.1, 0.15) is 28.9 Å². The fourth-order valence-electron chi connectivity index (χ4n) is 2.47. The van der Waals surface area contributed by atoms with Gasteiger partial charge in [0, 0.05) is 11.4 Å². The zero-order valence-electron chi connectivity index (χ0n) is 12.4. The van der Waals surface area contributed by atoms with Crippen molar-refractivity contribution in [3.63, 3.8) is 0 Å². The van der Waals surface area contributed by atoms with Crippen LogP contribution in [0.5, 0.6) is 0 Å². The minimum atomic E-state index is -4.59. The van der Waals surface area contributed by atoms with Gasteiger partial charge in [-0.2, -0.15) is 13.2 Å². The minimum absolute atomic E-state index is 0.00865. The monoisotopic (exact) mass is 324 g/mol. The highest BCUT2D eigenvalue weighted by Gasteiger charge is 2.32. The average molecular weight is 324 g/mol. The number of pyridine rings is 1. The molecule has 1 N–H and O–H groups in total. The number of fused-ring (bicyclic) bond motifs is 1. The molecule has 1 aliphatic carbocycles. The Hall–Kier alpha value is -2.31. The molecule has 7 heteroatoms. The van der Waals surface area contributed by atoms with E-state index < -0.39 is 24.2 Å². The smallest absolute Gasteiger partial charge is 0.348 e. The van der Waals surface area contributed by atoms with Crippen molar-refractivity contribution in [1.29, 1.82) is 0 Å². The molecule has 1 aliphatic rings. The van der Waals surface area contributed by atoms with Crippen LogP contribution in [0.15, 0.2) is 29.1 Å². The Bertz CT molecular complexity index is 836. The molecule has 2 aromatic rings. The summed E-state index contributed by atoms with van der Waals surface area (Å²) in [5.74, 6) is -0.642. The summed E-state index contributed by atoms with van der Waals surface area (Å²) < 4.78 is 39.0. The van der Waals surface area contributed by atoms with Gasteiger partial charge in [-0.1, -0.05) is 17.7 Å². The molecule has 3 rings (SSSR count). The number of aryl methyl sites for hydroxylation is 1. The molecule has 1 saturated carbocycles. The number of carbonyl (C=O) groups excluding carboxylic acids is 1. The first-order valence-electron chi connectivity index (χ1n) is 7.26. The Balaban J connectivity index is 2.18. The van der Waals surface area contributed by atoms with E-state index in [0.717, 1.165) is 18.4 Å². The first-order chi connectivity index (χ1) is 10.7. The summed E-state index contributed by atoms with van der Waals surface area (Å²) in [6.07, 6.45) is -2.97. The first kappa shape index (κ1) is 15.6. The number of alkyl halides is 3. The van der Waals surface area contributed by atoms with Crippen LogP contribution in [0.4, 0.5) is 13.2 Å². The van der Waals surface area contributed by atoms with Crippen molar-refractivity contribution >= 4 is 16.7 Å². The van der Waals surface area contributed by atoms with Crippen LogP contribution in [0.25, 0.3) is 10.8 Å². The van der Waals surface area contributed by atoms with E-state index in [2.05, 4.69) is 5.32 Å². The summed E-state index contributed by atoms with van der Waals surface area (Å²) in [5, 5.41) is 3.27. The van der Waals surface area contributed by atoms with Gasteiger partial charge in [-0.15, -0.1) is 0 Å². The number of hydrogen-bond acceptors (Lipinski definition) is 2. The molecule has 0 radical (unpaired) electrons. The van der Waals surface area contributed by atoms with Crippen molar-refractivity contribution in [2.45, 2.75) is 38.5 Å². The van der Waals surface area contributed by atoms with Gasteiger partial charge in [-0.25, -0.2) is 0 Å². The lowest BCUT2D eigenvalue weighted by Gasteiger charge is -2.16. The molecule has 0 saturated heterocycles. The molecular formula is C16H15F3N2O2. The molecule has 1 aromatic heterocycles. The van der Waals surface area contributed by atoms with Crippen LogP contribution in [-0.4, -0.2) is 22.7 Å². The fraction of sp³-hybridized carbons (Fsp3) is 0.375. The number of nitrogens with one attached hydrogen (secondary N) is 1. The number of aromatic nitrogens is 1. The van der Waals surface area contributed by atoms with Crippen LogP contribution in [-0.2, 0) is 6.54 Å². The van der Waals surface area contributed by atoms with E-state index in [1.165, 1.54) is 12.1 Å². The molecule has 1 amide bonds. The first-order valence-corrected chi connectivity index (χ1v) is 7.26. The normalized spacial score (nSPS) is 15.0. The van der Waals surface area contributed by atoms with Gasteiger partial charge in [0.25, 0.3) is 11.5 Å². The topological polar surface area (TPSA) is 51.1 Å². The van der Waals surface area contributed by atoms with E-state index >= 15 is 0 Å². The number of carbonyl (C=O) groups is 1. The van der Waals surface area contributed by atoms with Gasteiger partial charge in [0.2, 0.25) is 0 Å². The molecule has 1 aromatic carbocycles. The lowest BCUT2D eigenvalue weighted by molar-refractivity contribution is -0.141. The number of rotatable bonds is 3. The second-order valence-corrected chi connectivity index (χ2v) is 5.87. The van der Waals surface area contributed by atoms with Crippen LogP contribution < -0.4 is 10.9 Å². The van der Waals surface area contributed by atoms with E-state index in [4.69, 9.17) is 0 Å². The molecule has 122 valence electrons. The highest BCUT2D eigenvalue weighted by Crippen LogP contribution is 2.22. The Morgan fingerprint density at radius 3 is 2.61 bits per heavy atom. The van der Waals surface area contributed by atoms with Gasteiger partial charge in [0.1, 0.15) is 12.2 Å². The summed E-state index contributed by atoms with van der Waals surface area (Å²) in [7, 11) is 0. The van der Waals surface area contributed by atoms with Crippen LogP contribution >= 0.6 is 0 Å². The predicted molar refractivity (Wildman–Crippen MR) is 79.5 cm³/mol. The molecule has 0 unspecified atom stereocenters. The molecule has 1 fully saturated rings. The van der Waals surface area contributed by atoms with E-state index in [0.29, 0.717) is 9.95 Å². The Labute approximate surface area is 129 Å². The van der Waals surface area contributed by atoms with Gasteiger partial charge < -0.3 is 5.32 Å². The van der Waals surface area contributed by atoms with Gasteiger partial charge in [-0.05, 0) is 37.3 Å². The summed E-state index contributed by atoms with van der Waals surface area (Å²) >= 11 is 0. The van der Waals surface area contributed by atoms with E-state index in [1.807, 2.05) is 0 Å². The van der Waals surface area contributed by atoms with Crippen LogP contribution in [0.3, 0.4) is 0 Å². The minimum Gasteiger partial charge on any atom is -0.348 e. The lowest BCUT2D eigenvalue weighted by Crippen LogP contribution is -2.36. The van der Waals surface area contributed by atoms with Crippen molar-refractivity contribution in [2.75, 3.05) is 0 Å². The van der Waals surface area contributed by atoms with Gasteiger partial charge >= 0.3 is 6.18 Å². The van der Waals surface area contributed by atoms with E-state index in [-0.39, 0.29) is 17.1 Å². The highest BCUT2D eigenvalue weighted by atomic mass is 19.4. The Morgan fingerprint density at radius 2 is 2.00 bits per heavy atom. The number of nitrogens with zero attached hydrogens (tertiary/aromatic N) is 1. The Kier molecular flexibility index (Phi) is 3.66. The zero-order chi connectivity index (χ0) is 16.8. The van der Waals surface area contributed by atoms with Crippen molar-refractivity contribution < 1.29 is 18.0 Å². The second kappa shape index (κ2) is 5.40. The van der Waals surface area contributed by atoms with Crippen molar-refractivity contribution in [1.82, 2.24) is 9.88 Å². The third-order valence-electron chi connectivity index (χ3n) is 3.75. The van der Waals surface area contributed by atoms with Gasteiger partial charge in [0.05, 0.1) is 0 Å². The molecule has 4 nitrogen and oxygen atoms in total. The molecule has 0 bridgehead atoms. The van der Waals surface area contributed by atoms with Crippen LogP contribution in [0.2, 0.25) is 0 Å². The number of benzene rings is 1. The quantitative estimate of drug-likeness (QED) is 0.944. The van der Waals surface area contributed by atoms with Gasteiger partial charge in [0.15, 0.2) is 0 Å². The predicted octanol–water partition coefficient (Wildman–Crippen LogP) is 2.76. The molecule has 0 aliphatic heterocycles. The Morgan fingerprint density at radius 1 is 1.30 bits per heavy atom. The largest absolute Gasteiger partial charge is 0.406 e.